The van der Waals surface area contributed by atoms with E-state index in [2.05, 4.69) is 13.6 Å². The van der Waals surface area contributed by atoms with Crippen LogP contribution < -0.4 is 0 Å². The Balaban J connectivity index is 1.80. The molecule has 0 aromatic rings. The summed E-state index contributed by atoms with van der Waals surface area (Å²) >= 11 is 0. The maximum absolute atomic E-state index is 2.32. The molecule has 1 aliphatic carbocycles. The van der Waals surface area contributed by atoms with Crippen LogP contribution >= 0.6 is 0 Å². The Kier molecular flexibility index (Phi) is 4.03. The third-order valence-corrected chi connectivity index (χ3v) is 2.87. The van der Waals surface area contributed by atoms with Crippen LogP contribution in [0.15, 0.2) is 0 Å². The van der Waals surface area contributed by atoms with Crippen LogP contribution in [0.1, 0.15) is 38.5 Å². The van der Waals surface area contributed by atoms with Gasteiger partial charge in [-0.2, -0.15) is 0 Å². The van der Waals surface area contributed by atoms with Crippen molar-refractivity contribution in [2.24, 2.45) is 5.92 Å². The Hall–Kier alpha value is 0.0649. The van der Waals surface area contributed by atoms with Gasteiger partial charge in [-0.25, -0.2) is 0 Å². The van der Waals surface area contributed by atoms with E-state index in [1.165, 1.54) is 44.8 Å². The number of hydrogen-bond acceptors (Lipinski definition) is 0. The van der Waals surface area contributed by atoms with Gasteiger partial charge in [-0.15, -0.1) is 0 Å². The van der Waals surface area contributed by atoms with Crippen LogP contribution in [0.3, 0.4) is 0 Å². The first-order chi connectivity index (χ1) is 5.29. The van der Waals surface area contributed by atoms with Gasteiger partial charge in [0.1, 0.15) is 6.71 Å². The molecule has 1 rings (SSSR count). The van der Waals surface area contributed by atoms with Crippen molar-refractivity contribution in [3.8, 4) is 0 Å². The van der Waals surface area contributed by atoms with Gasteiger partial charge in [0.05, 0.1) is 0 Å². The smallest absolute Gasteiger partial charge is 0.0863 e. The minimum Gasteiger partial charge on any atom is -0.0863 e. The molecule has 64 valence electrons. The summed E-state index contributed by atoms with van der Waals surface area (Å²) < 4.78 is 0. The molecule has 0 atom stereocenters. The van der Waals surface area contributed by atoms with Crippen molar-refractivity contribution in [2.45, 2.75) is 58.5 Å². The molecule has 1 aliphatic rings. The number of unbranched alkanes of at least 4 members (excludes halogenated alkanes) is 1. The molecule has 1 saturated carbocycles. The predicted molar refractivity (Wildman–Crippen MR) is 53.5 cm³/mol. The summed E-state index contributed by atoms with van der Waals surface area (Å²) in [6.45, 7) is 5.56. The lowest BCUT2D eigenvalue weighted by Gasteiger charge is -2.25. The van der Waals surface area contributed by atoms with E-state index in [0.29, 0.717) is 0 Å². The molecule has 0 aromatic heterocycles. The first-order valence-corrected chi connectivity index (χ1v) is 5.29. The van der Waals surface area contributed by atoms with E-state index < -0.39 is 0 Å². The van der Waals surface area contributed by atoms with Crippen LogP contribution in [0.25, 0.3) is 0 Å². The molecule has 0 saturated heterocycles. The monoisotopic (exact) mass is 152 g/mol. The first-order valence-electron chi connectivity index (χ1n) is 5.29. The Morgan fingerprint density at radius 2 is 1.91 bits per heavy atom. The second kappa shape index (κ2) is 4.85. The van der Waals surface area contributed by atoms with Crippen molar-refractivity contribution in [1.82, 2.24) is 0 Å². The molecule has 0 bridgehead atoms. The second-order valence-corrected chi connectivity index (χ2v) is 4.48. The molecule has 0 nitrogen and oxygen atoms in total. The average Bonchev–Trinajstić information content (AvgIpc) is 1.82. The third kappa shape index (κ3) is 3.84. The standard InChI is InChI=1S/C10H21B/c1-11(2)9-4-3-6-10-7-5-8-10/h10H,3-9H2,1-2H3. The maximum atomic E-state index is 2.32. The quantitative estimate of drug-likeness (QED) is 0.416. The van der Waals surface area contributed by atoms with E-state index in [-0.39, 0.29) is 0 Å². The zero-order valence-electron chi connectivity index (χ0n) is 8.10. The van der Waals surface area contributed by atoms with Gasteiger partial charge in [0, 0.05) is 0 Å². The van der Waals surface area contributed by atoms with Crippen LogP contribution in [0.5, 0.6) is 0 Å². The highest BCUT2D eigenvalue weighted by molar-refractivity contribution is 6.55. The number of rotatable bonds is 5. The lowest BCUT2D eigenvalue weighted by molar-refractivity contribution is 0.289. The largest absolute Gasteiger partial charge is 0.133 e. The molecule has 0 N–H and O–H groups in total. The fourth-order valence-electron chi connectivity index (χ4n) is 1.77. The first kappa shape index (κ1) is 9.16. The van der Waals surface area contributed by atoms with Crippen molar-refractivity contribution < 1.29 is 0 Å². The Bertz CT molecular complexity index is 95.0. The van der Waals surface area contributed by atoms with Crippen molar-refractivity contribution in [1.29, 1.82) is 0 Å². The molecule has 0 aromatic carbocycles. The van der Waals surface area contributed by atoms with Gasteiger partial charge < -0.3 is 0 Å². The van der Waals surface area contributed by atoms with E-state index in [4.69, 9.17) is 0 Å². The summed E-state index contributed by atoms with van der Waals surface area (Å²) in [5.41, 5.74) is 0. The minimum absolute atomic E-state index is 0.913. The normalized spacial score (nSPS) is 18.0. The molecule has 1 heteroatoms. The molecule has 11 heavy (non-hydrogen) atoms. The summed E-state index contributed by atoms with van der Waals surface area (Å²) in [7, 11) is 0. The van der Waals surface area contributed by atoms with Gasteiger partial charge in [0.2, 0.25) is 0 Å². The Morgan fingerprint density at radius 1 is 1.18 bits per heavy atom. The van der Waals surface area contributed by atoms with Gasteiger partial charge in [0.15, 0.2) is 0 Å². The van der Waals surface area contributed by atoms with E-state index >= 15 is 0 Å². The summed E-state index contributed by atoms with van der Waals surface area (Å²) in [4.78, 5) is 0. The Morgan fingerprint density at radius 3 is 2.36 bits per heavy atom. The molecule has 0 amide bonds. The fourth-order valence-corrected chi connectivity index (χ4v) is 1.77. The molecular weight excluding hydrogens is 131 g/mol. The van der Waals surface area contributed by atoms with Crippen LogP contribution in [-0.2, 0) is 0 Å². The topological polar surface area (TPSA) is 0 Å². The summed E-state index contributed by atoms with van der Waals surface area (Å²) in [5, 5.41) is 0. The van der Waals surface area contributed by atoms with E-state index in [1.807, 2.05) is 0 Å². The molecule has 0 spiro atoms. The summed E-state index contributed by atoms with van der Waals surface area (Å²) in [6, 6.07) is 0. The van der Waals surface area contributed by atoms with Gasteiger partial charge in [0.25, 0.3) is 0 Å². The van der Waals surface area contributed by atoms with Gasteiger partial charge in [-0.1, -0.05) is 58.5 Å². The maximum Gasteiger partial charge on any atom is 0.133 e. The van der Waals surface area contributed by atoms with Crippen LogP contribution in [0, 0.1) is 5.92 Å². The van der Waals surface area contributed by atoms with E-state index in [9.17, 15) is 0 Å². The zero-order chi connectivity index (χ0) is 8.10. The second-order valence-electron chi connectivity index (χ2n) is 4.48. The zero-order valence-corrected chi connectivity index (χ0v) is 8.10. The van der Waals surface area contributed by atoms with Crippen molar-refractivity contribution in [3.05, 3.63) is 0 Å². The van der Waals surface area contributed by atoms with E-state index in [0.717, 1.165) is 12.6 Å². The van der Waals surface area contributed by atoms with Gasteiger partial charge in [-0.3, -0.25) is 0 Å². The van der Waals surface area contributed by atoms with Crippen LogP contribution in [0.4, 0.5) is 0 Å². The summed E-state index contributed by atoms with van der Waals surface area (Å²) in [5.74, 6) is 1.13. The molecular formula is C10H21B. The van der Waals surface area contributed by atoms with Crippen LogP contribution in [0.2, 0.25) is 20.0 Å². The molecule has 1 fully saturated rings. The highest BCUT2D eigenvalue weighted by Gasteiger charge is 2.16. The molecule has 0 radical (unpaired) electrons. The lowest BCUT2D eigenvalue weighted by atomic mass is 9.51. The Labute approximate surface area is 71.8 Å². The van der Waals surface area contributed by atoms with Crippen molar-refractivity contribution in [3.63, 3.8) is 0 Å². The molecule has 0 aliphatic heterocycles. The van der Waals surface area contributed by atoms with Crippen molar-refractivity contribution in [2.75, 3.05) is 0 Å². The fraction of sp³-hybridized carbons (Fsp3) is 1.00. The van der Waals surface area contributed by atoms with E-state index in [1.54, 1.807) is 0 Å². The summed E-state index contributed by atoms with van der Waals surface area (Å²) in [6.07, 6.45) is 10.5. The lowest BCUT2D eigenvalue weighted by Crippen LogP contribution is -2.10. The van der Waals surface area contributed by atoms with Gasteiger partial charge >= 0.3 is 0 Å². The van der Waals surface area contributed by atoms with Crippen molar-refractivity contribution >= 4 is 6.71 Å². The highest BCUT2D eigenvalue weighted by atomic mass is 14.2. The molecule has 0 unspecified atom stereocenters. The average molecular weight is 152 g/mol. The number of hydrogen-bond donors (Lipinski definition) is 0. The minimum atomic E-state index is 0.913. The predicted octanol–water partition coefficient (Wildman–Crippen LogP) is 3.71. The highest BCUT2D eigenvalue weighted by Crippen LogP contribution is 2.31. The SMILES string of the molecule is CB(C)CCCCC1CCC1. The third-order valence-electron chi connectivity index (χ3n) is 2.87. The van der Waals surface area contributed by atoms with Gasteiger partial charge in [-0.05, 0) is 5.92 Å². The van der Waals surface area contributed by atoms with Crippen LogP contribution in [-0.4, -0.2) is 6.71 Å². The molecule has 0 heterocycles.